The minimum atomic E-state index is -1.32. The molecule has 2 aliphatic rings. The van der Waals surface area contributed by atoms with Crippen molar-refractivity contribution in [2.45, 2.75) is 25.9 Å². The molecule has 0 aromatic heterocycles. The van der Waals surface area contributed by atoms with E-state index in [1.807, 2.05) is 0 Å². The molecule has 2 aromatic carbocycles. The van der Waals surface area contributed by atoms with Crippen LogP contribution < -0.4 is 3.87 Å². The molecule has 0 bridgehead atoms. The van der Waals surface area contributed by atoms with Crippen molar-refractivity contribution in [3.05, 3.63) is 75.7 Å². The van der Waals surface area contributed by atoms with Crippen LogP contribution in [0, 0.1) is 0 Å². The van der Waals surface area contributed by atoms with Crippen molar-refractivity contribution in [1.82, 2.24) is 0 Å². The normalized spacial score (nSPS) is 14.5. The van der Waals surface area contributed by atoms with Gasteiger partial charge >= 0.3 is 139 Å². The van der Waals surface area contributed by atoms with E-state index < -0.39 is 16.6 Å². The van der Waals surface area contributed by atoms with Crippen molar-refractivity contribution in [2.75, 3.05) is 0 Å². The van der Waals surface area contributed by atoms with Crippen LogP contribution in [0.4, 0.5) is 0 Å². The molecule has 22 heavy (non-hydrogen) atoms. The third kappa shape index (κ3) is 2.32. The molecule has 108 valence electrons. The Bertz CT molecular complexity index is 852. The minimum absolute atomic E-state index is 0.257. The van der Waals surface area contributed by atoms with Crippen LogP contribution in [0.1, 0.15) is 17.5 Å². The Kier molecular flexibility index (Phi) is 3.81. The summed E-state index contributed by atoms with van der Waals surface area (Å²) >= 11 is -1.32. The first kappa shape index (κ1) is 14.4. The van der Waals surface area contributed by atoms with E-state index in [0.717, 1.165) is 6.42 Å². The molecule has 2 aromatic rings. The number of fused-ring (bicyclic) bond motifs is 3. The quantitative estimate of drug-likeness (QED) is 0.600. The molecular formula is C20H20SiTi. The third-order valence-electron chi connectivity index (χ3n) is 4.71. The summed E-state index contributed by atoms with van der Waals surface area (Å²) in [5.74, 6) is 0. The molecule has 0 nitrogen and oxygen atoms in total. The summed E-state index contributed by atoms with van der Waals surface area (Å²) in [6.45, 7) is 5.06. The van der Waals surface area contributed by atoms with Gasteiger partial charge in [-0.25, -0.2) is 0 Å². The van der Waals surface area contributed by atoms with Gasteiger partial charge in [0.15, 0.2) is 0 Å². The monoisotopic (exact) mass is 336 g/mol. The predicted molar refractivity (Wildman–Crippen MR) is 93.6 cm³/mol. The number of hydrogen-bond donors (Lipinski definition) is 0. The molecular weight excluding hydrogens is 316 g/mol. The second kappa shape index (κ2) is 5.81. The van der Waals surface area contributed by atoms with Crippen molar-refractivity contribution in [3.63, 3.8) is 0 Å². The molecule has 0 radical (unpaired) electrons. The molecule has 0 atom stereocenters. The summed E-state index contributed by atoms with van der Waals surface area (Å²) in [7, 11) is 0. The molecule has 0 fully saturated rings. The molecule has 0 amide bonds. The second-order valence-corrected chi connectivity index (χ2v) is 18.1. The van der Waals surface area contributed by atoms with Gasteiger partial charge in [0.2, 0.25) is 0 Å². The van der Waals surface area contributed by atoms with Crippen LogP contribution in [0.3, 0.4) is 0 Å². The molecule has 0 saturated carbocycles. The first-order chi connectivity index (χ1) is 10.8. The number of rotatable bonds is 2. The van der Waals surface area contributed by atoms with Gasteiger partial charge in [-0.1, -0.05) is 0 Å². The van der Waals surface area contributed by atoms with Crippen LogP contribution in [-0.2, 0) is 23.0 Å². The Morgan fingerprint density at radius 3 is 2.55 bits per heavy atom. The fourth-order valence-corrected chi connectivity index (χ4v) is 14.9. The van der Waals surface area contributed by atoms with Crippen LogP contribution in [-0.4, -0.2) is 6.19 Å². The van der Waals surface area contributed by atoms with Gasteiger partial charge in [-0.05, 0) is 0 Å². The second-order valence-electron chi connectivity index (χ2n) is 6.36. The molecule has 0 heterocycles. The standard InChI is InChI=1S/C13H9.C5H5.C2H6Si.Ti/c1-3-7-12-10(5-1)9-11-6-2-4-8-13(11)12;1-2-4-5-3-1;1-3-2;/h1-5,7-8H,9H2;1-3H,4H2;1-2H3;. The van der Waals surface area contributed by atoms with Crippen LogP contribution in [0.5, 0.6) is 0 Å². The summed E-state index contributed by atoms with van der Waals surface area (Å²) in [6.07, 6.45) is 9.13. The summed E-state index contributed by atoms with van der Waals surface area (Å²) in [6, 6.07) is 16.0. The van der Waals surface area contributed by atoms with Gasteiger partial charge in [-0.15, -0.1) is 0 Å². The first-order valence-corrected chi connectivity index (χ1v) is 14.4. The molecule has 0 saturated heterocycles. The van der Waals surface area contributed by atoms with E-state index >= 15 is 0 Å². The average Bonchev–Trinajstić information content (AvgIpc) is 3.15. The molecule has 4 rings (SSSR count). The third-order valence-corrected chi connectivity index (χ3v) is 16.0. The molecule has 2 aliphatic carbocycles. The molecule has 0 unspecified atom stereocenters. The topological polar surface area (TPSA) is 0 Å². The zero-order chi connectivity index (χ0) is 15.1. The van der Waals surface area contributed by atoms with Gasteiger partial charge in [-0.2, -0.15) is 0 Å². The summed E-state index contributed by atoms with van der Waals surface area (Å²) in [4.78, 5) is 0. The Hall–Kier alpha value is -1.15. The maximum atomic E-state index is 2.53. The van der Waals surface area contributed by atoms with Gasteiger partial charge in [0.05, 0.1) is 0 Å². The first-order valence-electron chi connectivity index (χ1n) is 8.00. The van der Waals surface area contributed by atoms with Crippen LogP contribution in [0.2, 0.25) is 13.1 Å². The van der Waals surface area contributed by atoms with Crippen molar-refractivity contribution in [3.8, 4) is 11.1 Å². The zero-order valence-electron chi connectivity index (χ0n) is 13.2. The fourth-order valence-electron chi connectivity index (χ4n) is 3.79. The summed E-state index contributed by atoms with van der Waals surface area (Å²) in [5, 5.41) is 0. The SMILES string of the molecule is C[Si](C)=[Ti]([C]1=CC=CC1)[c]1cccc2c1Cc1ccccc1-2. The fraction of sp³-hybridized carbons (Fsp3) is 0.200. The van der Waals surface area contributed by atoms with E-state index in [9.17, 15) is 0 Å². The zero-order valence-corrected chi connectivity index (χ0v) is 15.7. The van der Waals surface area contributed by atoms with Gasteiger partial charge < -0.3 is 0 Å². The van der Waals surface area contributed by atoms with E-state index in [2.05, 4.69) is 73.8 Å². The Labute approximate surface area is 139 Å². The van der Waals surface area contributed by atoms with Crippen LogP contribution >= 0.6 is 0 Å². The van der Waals surface area contributed by atoms with E-state index in [4.69, 9.17) is 0 Å². The molecule has 0 N–H and O–H groups in total. The number of hydrogen-bond acceptors (Lipinski definition) is 0. The van der Waals surface area contributed by atoms with E-state index in [0.29, 0.717) is 0 Å². The summed E-state index contributed by atoms with van der Waals surface area (Å²) in [5.41, 5.74) is 6.14. The molecule has 0 spiro atoms. The Morgan fingerprint density at radius 2 is 1.77 bits per heavy atom. The average molecular weight is 336 g/mol. The van der Waals surface area contributed by atoms with Gasteiger partial charge in [0.1, 0.15) is 0 Å². The van der Waals surface area contributed by atoms with Gasteiger partial charge in [-0.3, -0.25) is 0 Å². The Balaban J connectivity index is 1.90. The van der Waals surface area contributed by atoms with Crippen LogP contribution in [0.15, 0.2) is 64.6 Å². The van der Waals surface area contributed by atoms with E-state index in [1.165, 1.54) is 23.1 Å². The summed E-state index contributed by atoms with van der Waals surface area (Å²) < 4.78 is 3.53. The number of allylic oxidation sites excluding steroid dienone is 4. The van der Waals surface area contributed by atoms with Crippen LogP contribution in [0.25, 0.3) is 11.1 Å². The predicted octanol–water partition coefficient (Wildman–Crippen LogP) is 4.60. The van der Waals surface area contributed by atoms with Crippen molar-refractivity contribution < 1.29 is 16.6 Å². The Morgan fingerprint density at radius 1 is 0.955 bits per heavy atom. The van der Waals surface area contributed by atoms with Crippen molar-refractivity contribution in [1.29, 1.82) is 0 Å². The van der Waals surface area contributed by atoms with E-state index in [1.54, 1.807) is 13.3 Å². The number of benzene rings is 2. The van der Waals surface area contributed by atoms with Crippen molar-refractivity contribution >= 4 is 10.1 Å². The van der Waals surface area contributed by atoms with Gasteiger partial charge in [0.25, 0.3) is 0 Å². The van der Waals surface area contributed by atoms with Crippen molar-refractivity contribution in [2.24, 2.45) is 0 Å². The van der Waals surface area contributed by atoms with E-state index in [-0.39, 0.29) is 6.19 Å². The molecule has 2 heteroatoms. The molecule has 0 aliphatic heterocycles. The maximum absolute atomic E-state index is 2.53. The van der Waals surface area contributed by atoms with Gasteiger partial charge in [0, 0.05) is 0 Å².